The topological polar surface area (TPSA) is 66.9 Å². The minimum Gasteiger partial charge on any atom is -0.330 e. The summed E-state index contributed by atoms with van der Waals surface area (Å²) >= 11 is 8.92. The van der Waals surface area contributed by atoms with Crippen molar-refractivity contribution in [3.63, 3.8) is 0 Å². The molecule has 1 aromatic carbocycles. The Morgan fingerprint density at radius 3 is 2.59 bits per heavy atom. The standard InChI is InChI=1S/C18H16ClFN4OS2/c1-3-15-14(17-21-8-11(20)9-22-17)7-16(27-15)18(25)23-12-4-10(19)5-13(6-12)24-26-2/h4-9,24H,3H2,1-2H3,(H,23,25). The Morgan fingerprint density at radius 2 is 1.93 bits per heavy atom. The third-order valence-corrected chi connectivity index (χ3v) is 5.53. The second kappa shape index (κ2) is 8.69. The van der Waals surface area contributed by atoms with Crippen LogP contribution >= 0.6 is 34.9 Å². The predicted octanol–water partition coefficient (Wildman–Crippen LogP) is 5.50. The third kappa shape index (κ3) is 4.77. The lowest BCUT2D eigenvalue weighted by molar-refractivity contribution is 0.103. The van der Waals surface area contributed by atoms with E-state index in [2.05, 4.69) is 20.0 Å². The zero-order valence-corrected chi connectivity index (χ0v) is 16.9. The van der Waals surface area contributed by atoms with Crippen LogP contribution in [0.4, 0.5) is 15.8 Å². The van der Waals surface area contributed by atoms with Gasteiger partial charge in [-0.05, 0) is 30.7 Å². The van der Waals surface area contributed by atoms with E-state index in [0.717, 1.165) is 28.5 Å². The maximum Gasteiger partial charge on any atom is 0.265 e. The van der Waals surface area contributed by atoms with Gasteiger partial charge in [0.1, 0.15) is 0 Å². The number of hydrogen-bond acceptors (Lipinski definition) is 6. The van der Waals surface area contributed by atoms with Gasteiger partial charge in [-0.2, -0.15) is 0 Å². The summed E-state index contributed by atoms with van der Waals surface area (Å²) in [7, 11) is 0. The number of aryl methyl sites for hydroxylation is 1. The van der Waals surface area contributed by atoms with E-state index < -0.39 is 5.82 Å². The summed E-state index contributed by atoms with van der Waals surface area (Å²) in [6, 6.07) is 7.00. The van der Waals surface area contributed by atoms with E-state index in [-0.39, 0.29) is 5.91 Å². The first kappa shape index (κ1) is 19.6. The lowest BCUT2D eigenvalue weighted by Gasteiger charge is -2.08. The molecule has 0 atom stereocenters. The van der Waals surface area contributed by atoms with Crippen molar-refractivity contribution in [2.45, 2.75) is 13.3 Å². The van der Waals surface area contributed by atoms with Crippen molar-refractivity contribution in [2.75, 3.05) is 16.3 Å². The molecule has 140 valence electrons. The van der Waals surface area contributed by atoms with Crippen molar-refractivity contribution in [1.82, 2.24) is 9.97 Å². The summed E-state index contributed by atoms with van der Waals surface area (Å²) in [6.07, 6.45) is 4.85. The Labute approximate surface area is 169 Å². The molecule has 0 aliphatic rings. The van der Waals surface area contributed by atoms with Crippen molar-refractivity contribution >= 4 is 52.2 Å². The highest BCUT2D eigenvalue weighted by Crippen LogP contribution is 2.31. The number of anilines is 2. The highest BCUT2D eigenvalue weighted by molar-refractivity contribution is 7.99. The van der Waals surface area contributed by atoms with Crippen molar-refractivity contribution in [1.29, 1.82) is 0 Å². The van der Waals surface area contributed by atoms with Gasteiger partial charge in [0.2, 0.25) is 0 Å². The van der Waals surface area contributed by atoms with E-state index in [0.29, 0.717) is 27.8 Å². The lowest BCUT2D eigenvalue weighted by atomic mass is 10.2. The van der Waals surface area contributed by atoms with E-state index >= 15 is 0 Å². The summed E-state index contributed by atoms with van der Waals surface area (Å²) in [5, 5.41) is 3.38. The van der Waals surface area contributed by atoms with Crippen LogP contribution in [0.15, 0.2) is 36.7 Å². The average Bonchev–Trinajstić information content (AvgIpc) is 3.06. The summed E-state index contributed by atoms with van der Waals surface area (Å²) in [5.74, 6) is -0.348. The number of carbonyl (C=O) groups excluding carboxylic acids is 1. The number of amides is 1. The molecular formula is C18H16ClFN4OS2. The van der Waals surface area contributed by atoms with Crippen LogP contribution < -0.4 is 10.0 Å². The van der Waals surface area contributed by atoms with E-state index in [1.54, 1.807) is 24.3 Å². The molecule has 3 rings (SSSR count). The van der Waals surface area contributed by atoms with E-state index in [4.69, 9.17) is 11.6 Å². The van der Waals surface area contributed by atoms with Crippen LogP contribution in [-0.4, -0.2) is 22.1 Å². The number of aromatic nitrogens is 2. The molecule has 0 fully saturated rings. The Bertz CT molecular complexity index is 962. The molecule has 0 saturated heterocycles. The van der Waals surface area contributed by atoms with Crippen LogP contribution in [0.5, 0.6) is 0 Å². The van der Waals surface area contributed by atoms with Gasteiger partial charge in [-0.1, -0.05) is 30.5 Å². The minimum absolute atomic E-state index is 0.250. The van der Waals surface area contributed by atoms with Crippen LogP contribution in [0.2, 0.25) is 5.02 Å². The molecule has 0 radical (unpaired) electrons. The monoisotopic (exact) mass is 422 g/mol. The SMILES string of the molecule is CCc1sc(C(=O)Nc2cc(Cl)cc(NSC)c2)cc1-c1ncc(F)cn1. The van der Waals surface area contributed by atoms with Crippen molar-refractivity contribution < 1.29 is 9.18 Å². The number of carbonyl (C=O) groups is 1. The number of nitrogens with zero attached hydrogens (tertiary/aromatic N) is 2. The van der Waals surface area contributed by atoms with Gasteiger partial charge in [0, 0.05) is 33.1 Å². The number of halogens is 2. The Hall–Kier alpha value is -2.16. The third-order valence-electron chi connectivity index (χ3n) is 3.59. The van der Waals surface area contributed by atoms with E-state index in [1.165, 1.54) is 23.3 Å². The fourth-order valence-electron chi connectivity index (χ4n) is 2.48. The predicted molar refractivity (Wildman–Crippen MR) is 111 cm³/mol. The molecule has 0 aliphatic carbocycles. The number of rotatable bonds is 6. The summed E-state index contributed by atoms with van der Waals surface area (Å²) < 4.78 is 16.2. The van der Waals surface area contributed by atoms with Gasteiger partial charge in [-0.25, -0.2) is 14.4 Å². The Balaban J connectivity index is 1.86. The zero-order chi connectivity index (χ0) is 19.4. The Kier molecular flexibility index (Phi) is 6.30. The smallest absolute Gasteiger partial charge is 0.265 e. The van der Waals surface area contributed by atoms with Crippen LogP contribution in [0.1, 0.15) is 21.5 Å². The fraction of sp³-hybridized carbons (Fsp3) is 0.167. The molecule has 2 heterocycles. The molecule has 0 aliphatic heterocycles. The van der Waals surface area contributed by atoms with Gasteiger partial charge in [-0.15, -0.1) is 11.3 Å². The molecule has 1 amide bonds. The molecule has 0 spiro atoms. The maximum atomic E-state index is 13.1. The molecule has 0 saturated carbocycles. The van der Waals surface area contributed by atoms with Gasteiger partial charge in [0.05, 0.1) is 17.3 Å². The fourth-order valence-corrected chi connectivity index (χ4v) is 4.05. The number of hydrogen-bond donors (Lipinski definition) is 2. The largest absolute Gasteiger partial charge is 0.330 e. The van der Waals surface area contributed by atoms with Crippen LogP contribution in [-0.2, 0) is 6.42 Å². The van der Waals surface area contributed by atoms with Gasteiger partial charge in [0.15, 0.2) is 11.6 Å². The number of thiophene rings is 1. The van der Waals surface area contributed by atoms with Gasteiger partial charge in [-0.3, -0.25) is 4.79 Å². The average molecular weight is 423 g/mol. The summed E-state index contributed by atoms with van der Waals surface area (Å²) in [5.41, 5.74) is 2.13. The van der Waals surface area contributed by atoms with Crippen LogP contribution in [0.3, 0.4) is 0 Å². The summed E-state index contributed by atoms with van der Waals surface area (Å²) in [4.78, 5) is 22.2. The van der Waals surface area contributed by atoms with Gasteiger partial charge < -0.3 is 10.0 Å². The molecule has 9 heteroatoms. The molecule has 0 unspecified atom stereocenters. The molecule has 27 heavy (non-hydrogen) atoms. The molecule has 2 N–H and O–H groups in total. The molecule has 0 bridgehead atoms. The van der Waals surface area contributed by atoms with Gasteiger partial charge in [0.25, 0.3) is 5.91 Å². The number of nitrogens with one attached hydrogen (secondary N) is 2. The first-order chi connectivity index (χ1) is 13.0. The van der Waals surface area contributed by atoms with Crippen molar-refractivity contribution in [2.24, 2.45) is 0 Å². The lowest BCUT2D eigenvalue weighted by Crippen LogP contribution is -2.10. The van der Waals surface area contributed by atoms with Crippen LogP contribution in [0, 0.1) is 5.82 Å². The first-order valence-corrected chi connectivity index (χ1v) is 10.4. The first-order valence-electron chi connectivity index (χ1n) is 8.01. The molecule has 3 aromatic rings. The minimum atomic E-state index is -0.499. The number of benzene rings is 1. The van der Waals surface area contributed by atoms with Crippen LogP contribution in [0.25, 0.3) is 11.4 Å². The quantitative estimate of drug-likeness (QED) is 0.513. The van der Waals surface area contributed by atoms with E-state index in [1.807, 2.05) is 13.2 Å². The Morgan fingerprint density at radius 1 is 1.22 bits per heavy atom. The molecule has 5 nitrogen and oxygen atoms in total. The normalized spacial score (nSPS) is 10.7. The second-order valence-corrected chi connectivity index (χ2v) is 7.70. The van der Waals surface area contributed by atoms with Crippen molar-refractivity contribution in [3.8, 4) is 11.4 Å². The maximum absolute atomic E-state index is 13.1. The highest BCUT2D eigenvalue weighted by atomic mass is 35.5. The summed E-state index contributed by atoms with van der Waals surface area (Å²) in [6.45, 7) is 1.98. The second-order valence-electron chi connectivity index (χ2n) is 5.51. The molecule has 2 aromatic heterocycles. The van der Waals surface area contributed by atoms with Crippen molar-refractivity contribution in [3.05, 3.63) is 57.3 Å². The zero-order valence-electron chi connectivity index (χ0n) is 14.5. The molecular weight excluding hydrogens is 407 g/mol. The highest BCUT2D eigenvalue weighted by Gasteiger charge is 2.17. The van der Waals surface area contributed by atoms with Gasteiger partial charge >= 0.3 is 0 Å². The van der Waals surface area contributed by atoms with E-state index in [9.17, 15) is 9.18 Å².